The molecule has 3 heteroatoms. The quantitative estimate of drug-likeness (QED) is 0.321. The molecular formula is C11H19KO2. The van der Waals surface area contributed by atoms with Gasteiger partial charge in [0.05, 0.1) is 0 Å². The molecule has 0 aliphatic rings. The SMILES string of the molecule is CC(C)(C)C(=O)C=C([O-])C(C)(C)C.[K+]. The first-order valence-corrected chi connectivity index (χ1v) is 4.49. The summed E-state index contributed by atoms with van der Waals surface area (Å²) in [4.78, 5) is 11.4. The zero-order valence-electron chi connectivity index (χ0n) is 10.4. The number of allylic oxidation sites excluding steroid dienone is 2. The fraction of sp³-hybridized carbons (Fsp3) is 0.727. The van der Waals surface area contributed by atoms with Gasteiger partial charge in [-0.1, -0.05) is 41.5 Å². The van der Waals surface area contributed by atoms with Gasteiger partial charge in [0, 0.05) is 5.41 Å². The maximum Gasteiger partial charge on any atom is 1.00 e. The van der Waals surface area contributed by atoms with Crippen molar-refractivity contribution in [2.75, 3.05) is 0 Å². The van der Waals surface area contributed by atoms with Gasteiger partial charge in [-0.05, 0) is 11.5 Å². The maximum atomic E-state index is 11.4. The average Bonchev–Trinajstić information content (AvgIpc) is 1.82. The summed E-state index contributed by atoms with van der Waals surface area (Å²) in [7, 11) is 0. The minimum Gasteiger partial charge on any atom is -0.875 e. The molecule has 0 spiro atoms. The molecule has 0 bridgehead atoms. The predicted octanol–water partition coefficient (Wildman–Crippen LogP) is -1.10. The van der Waals surface area contributed by atoms with Crippen molar-refractivity contribution in [1.29, 1.82) is 0 Å². The van der Waals surface area contributed by atoms with Crippen LogP contribution in [0.5, 0.6) is 0 Å². The van der Waals surface area contributed by atoms with Crippen LogP contribution in [-0.2, 0) is 4.79 Å². The van der Waals surface area contributed by atoms with Gasteiger partial charge in [0.25, 0.3) is 0 Å². The Kier molecular flexibility index (Phi) is 7.15. The van der Waals surface area contributed by atoms with Crippen LogP contribution in [-0.4, -0.2) is 5.78 Å². The Morgan fingerprint density at radius 1 is 1.00 bits per heavy atom. The van der Waals surface area contributed by atoms with Gasteiger partial charge in [0.15, 0.2) is 5.78 Å². The molecule has 0 fully saturated rings. The summed E-state index contributed by atoms with van der Waals surface area (Å²) >= 11 is 0. The van der Waals surface area contributed by atoms with Crippen molar-refractivity contribution in [2.45, 2.75) is 41.5 Å². The van der Waals surface area contributed by atoms with Crippen molar-refractivity contribution < 1.29 is 61.3 Å². The van der Waals surface area contributed by atoms with E-state index < -0.39 is 10.8 Å². The van der Waals surface area contributed by atoms with Crippen LogP contribution in [0.15, 0.2) is 11.8 Å². The van der Waals surface area contributed by atoms with Crippen LogP contribution < -0.4 is 56.5 Å². The van der Waals surface area contributed by atoms with Crippen LogP contribution in [0.1, 0.15) is 41.5 Å². The number of hydrogen-bond donors (Lipinski definition) is 0. The van der Waals surface area contributed by atoms with Crippen LogP contribution in [0.25, 0.3) is 0 Å². The molecule has 0 saturated carbocycles. The van der Waals surface area contributed by atoms with E-state index in [0.29, 0.717) is 0 Å². The molecular weight excluding hydrogens is 203 g/mol. The van der Waals surface area contributed by atoms with E-state index in [1.165, 1.54) is 6.08 Å². The van der Waals surface area contributed by atoms with Crippen LogP contribution in [0, 0.1) is 10.8 Å². The minimum absolute atomic E-state index is 0. The Morgan fingerprint density at radius 3 is 1.57 bits per heavy atom. The fourth-order valence-electron chi connectivity index (χ4n) is 0.552. The molecule has 2 nitrogen and oxygen atoms in total. The summed E-state index contributed by atoms with van der Waals surface area (Å²) < 4.78 is 0. The molecule has 0 heterocycles. The Morgan fingerprint density at radius 2 is 1.36 bits per heavy atom. The van der Waals surface area contributed by atoms with Gasteiger partial charge in [-0.15, -0.1) is 5.76 Å². The molecule has 0 amide bonds. The van der Waals surface area contributed by atoms with Crippen LogP contribution >= 0.6 is 0 Å². The Labute approximate surface area is 130 Å². The second-order valence-corrected chi connectivity index (χ2v) is 5.37. The van der Waals surface area contributed by atoms with Crippen molar-refractivity contribution in [3.63, 3.8) is 0 Å². The van der Waals surface area contributed by atoms with Crippen molar-refractivity contribution in [1.82, 2.24) is 0 Å². The van der Waals surface area contributed by atoms with E-state index in [4.69, 9.17) is 0 Å². The molecule has 0 aromatic rings. The number of rotatable bonds is 1. The molecule has 14 heavy (non-hydrogen) atoms. The van der Waals surface area contributed by atoms with E-state index in [9.17, 15) is 9.90 Å². The standard InChI is InChI=1S/C11H20O2.K/c1-10(2,3)8(12)7-9(13)11(4,5)6;/h7,12H,1-6H3;/q;+1/p-1. The van der Waals surface area contributed by atoms with Crippen LogP contribution in [0.3, 0.4) is 0 Å². The maximum absolute atomic E-state index is 11.4. The van der Waals surface area contributed by atoms with E-state index in [0.717, 1.165) is 0 Å². The van der Waals surface area contributed by atoms with Crippen molar-refractivity contribution >= 4 is 5.78 Å². The zero-order valence-corrected chi connectivity index (χ0v) is 13.5. The van der Waals surface area contributed by atoms with E-state index >= 15 is 0 Å². The molecule has 0 aromatic carbocycles. The molecule has 0 atom stereocenters. The third-order valence-corrected chi connectivity index (χ3v) is 1.74. The van der Waals surface area contributed by atoms with E-state index in [2.05, 4.69) is 0 Å². The molecule has 0 rings (SSSR count). The molecule has 0 unspecified atom stereocenters. The van der Waals surface area contributed by atoms with Gasteiger partial charge in [-0.2, -0.15) is 0 Å². The molecule has 0 aromatic heterocycles. The average molecular weight is 222 g/mol. The second kappa shape index (κ2) is 5.80. The van der Waals surface area contributed by atoms with Gasteiger partial charge >= 0.3 is 51.4 Å². The Bertz CT molecular complexity index is 229. The molecule has 0 saturated heterocycles. The zero-order chi connectivity index (χ0) is 10.9. The van der Waals surface area contributed by atoms with Crippen molar-refractivity contribution in [3.05, 3.63) is 11.8 Å². The number of hydrogen-bond acceptors (Lipinski definition) is 2. The monoisotopic (exact) mass is 222 g/mol. The minimum atomic E-state index is -0.457. The Hall–Kier alpha value is 0.846. The van der Waals surface area contributed by atoms with Crippen molar-refractivity contribution in [3.8, 4) is 0 Å². The molecule has 76 valence electrons. The van der Waals surface area contributed by atoms with E-state index in [-0.39, 0.29) is 62.9 Å². The normalized spacial score (nSPS) is 13.4. The van der Waals surface area contributed by atoms with Crippen LogP contribution in [0.2, 0.25) is 0 Å². The number of ketones is 1. The second-order valence-electron chi connectivity index (χ2n) is 5.37. The van der Waals surface area contributed by atoms with Gasteiger partial charge in [0.1, 0.15) is 0 Å². The van der Waals surface area contributed by atoms with Gasteiger partial charge in [0.2, 0.25) is 0 Å². The molecule has 0 aliphatic carbocycles. The topological polar surface area (TPSA) is 40.1 Å². The Balaban J connectivity index is 0. The largest absolute Gasteiger partial charge is 1.00 e. The summed E-state index contributed by atoms with van der Waals surface area (Å²) in [5.74, 6) is -0.208. The van der Waals surface area contributed by atoms with E-state index in [1.54, 1.807) is 0 Å². The first kappa shape index (κ1) is 17.2. The number of carbonyl (C=O) groups is 1. The third-order valence-electron chi connectivity index (χ3n) is 1.74. The van der Waals surface area contributed by atoms with Gasteiger partial charge < -0.3 is 5.11 Å². The van der Waals surface area contributed by atoms with Crippen LogP contribution in [0.4, 0.5) is 0 Å². The summed E-state index contributed by atoms with van der Waals surface area (Å²) in [6, 6.07) is 0. The van der Waals surface area contributed by atoms with Crippen molar-refractivity contribution in [2.24, 2.45) is 10.8 Å². The van der Waals surface area contributed by atoms with Gasteiger partial charge in [-0.3, -0.25) is 4.79 Å². The summed E-state index contributed by atoms with van der Waals surface area (Å²) in [6.45, 7) is 10.8. The summed E-state index contributed by atoms with van der Waals surface area (Å²) in [5, 5.41) is 11.4. The first-order valence-electron chi connectivity index (χ1n) is 4.49. The molecule has 0 N–H and O–H groups in total. The number of carbonyl (C=O) groups excluding carboxylic acids is 1. The fourth-order valence-corrected chi connectivity index (χ4v) is 0.552. The van der Waals surface area contributed by atoms with E-state index in [1.807, 2.05) is 41.5 Å². The predicted molar refractivity (Wildman–Crippen MR) is 52.0 cm³/mol. The summed E-state index contributed by atoms with van der Waals surface area (Å²) in [6.07, 6.45) is 1.22. The first-order chi connectivity index (χ1) is 5.55. The van der Waals surface area contributed by atoms with Gasteiger partial charge in [-0.25, -0.2) is 0 Å². The molecule has 0 radical (unpaired) electrons. The third kappa shape index (κ3) is 6.35. The summed E-state index contributed by atoms with van der Waals surface area (Å²) in [5.41, 5.74) is -0.915. The molecule has 0 aliphatic heterocycles. The smallest absolute Gasteiger partial charge is 0.875 e.